The van der Waals surface area contributed by atoms with Gasteiger partial charge in [0, 0.05) is 12.1 Å². The zero-order chi connectivity index (χ0) is 12.8. The summed E-state index contributed by atoms with van der Waals surface area (Å²) in [6.07, 6.45) is -1.28. The Morgan fingerprint density at radius 3 is 2.65 bits per heavy atom. The number of benzene rings is 1. The van der Waals surface area contributed by atoms with Crippen LogP contribution in [0.2, 0.25) is 0 Å². The molecule has 0 radical (unpaired) electrons. The minimum atomic E-state index is -1.28. The van der Waals surface area contributed by atoms with Gasteiger partial charge in [-0.2, -0.15) is 0 Å². The molecular formula is C11H13FN2O3. The van der Waals surface area contributed by atoms with Crippen molar-refractivity contribution in [3.05, 3.63) is 35.6 Å². The molecule has 17 heavy (non-hydrogen) atoms. The monoisotopic (exact) mass is 240 g/mol. The molecule has 0 aliphatic heterocycles. The summed E-state index contributed by atoms with van der Waals surface area (Å²) in [6.45, 7) is 1.43. The third-order valence-electron chi connectivity index (χ3n) is 2.14. The molecule has 0 unspecified atom stereocenters. The summed E-state index contributed by atoms with van der Waals surface area (Å²) < 4.78 is 13.2. The highest BCUT2D eigenvalue weighted by molar-refractivity contribution is 5.84. The van der Waals surface area contributed by atoms with Gasteiger partial charge in [0.05, 0.1) is 0 Å². The van der Waals surface area contributed by atoms with Crippen molar-refractivity contribution in [2.24, 2.45) is 0 Å². The molecule has 0 spiro atoms. The smallest absolute Gasteiger partial charge is 0.405 e. The summed E-state index contributed by atoms with van der Waals surface area (Å²) in [7, 11) is 0. The van der Waals surface area contributed by atoms with Crippen LogP contribution in [0.3, 0.4) is 0 Å². The van der Waals surface area contributed by atoms with Gasteiger partial charge in [-0.05, 0) is 13.0 Å². The zero-order valence-corrected chi connectivity index (χ0v) is 9.24. The number of carboxylic acid groups (broad SMARTS) is 1. The molecule has 92 valence electrons. The van der Waals surface area contributed by atoms with Crippen molar-refractivity contribution in [1.29, 1.82) is 0 Å². The average molecular weight is 240 g/mol. The lowest BCUT2D eigenvalue weighted by Gasteiger charge is -2.12. The van der Waals surface area contributed by atoms with E-state index in [4.69, 9.17) is 5.11 Å². The predicted octanol–water partition coefficient (Wildman–Crippen LogP) is 1.10. The SMILES string of the molecule is C[C@@H](NC(=O)O)C(=O)NCc1ccccc1F. The molecule has 3 N–H and O–H groups in total. The number of carbonyl (C=O) groups is 2. The quantitative estimate of drug-likeness (QED) is 0.737. The Morgan fingerprint density at radius 2 is 2.06 bits per heavy atom. The maximum Gasteiger partial charge on any atom is 0.405 e. The first-order chi connectivity index (χ1) is 8.00. The van der Waals surface area contributed by atoms with E-state index in [-0.39, 0.29) is 6.54 Å². The van der Waals surface area contributed by atoms with Crippen LogP contribution in [0, 0.1) is 5.82 Å². The fraction of sp³-hybridized carbons (Fsp3) is 0.273. The highest BCUT2D eigenvalue weighted by Gasteiger charge is 2.14. The van der Waals surface area contributed by atoms with E-state index < -0.39 is 23.9 Å². The molecule has 1 aromatic rings. The van der Waals surface area contributed by atoms with Gasteiger partial charge in [0.1, 0.15) is 11.9 Å². The minimum Gasteiger partial charge on any atom is -0.465 e. The first-order valence-electron chi connectivity index (χ1n) is 5.01. The topological polar surface area (TPSA) is 78.4 Å². The summed E-state index contributed by atoms with van der Waals surface area (Å²) in [5.41, 5.74) is 0.350. The van der Waals surface area contributed by atoms with Gasteiger partial charge < -0.3 is 15.7 Å². The van der Waals surface area contributed by atoms with Gasteiger partial charge in [-0.25, -0.2) is 9.18 Å². The van der Waals surface area contributed by atoms with E-state index in [9.17, 15) is 14.0 Å². The van der Waals surface area contributed by atoms with Crippen LogP contribution in [0.15, 0.2) is 24.3 Å². The van der Waals surface area contributed by atoms with Crippen molar-refractivity contribution in [3.63, 3.8) is 0 Å². The molecule has 0 aliphatic rings. The van der Waals surface area contributed by atoms with E-state index in [1.165, 1.54) is 13.0 Å². The Morgan fingerprint density at radius 1 is 1.41 bits per heavy atom. The van der Waals surface area contributed by atoms with Gasteiger partial charge in [0.25, 0.3) is 0 Å². The lowest BCUT2D eigenvalue weighted by molar-refractivity contribution is -0.122. The van der Waals surface area contributed by atoms with E-state index in [1.54, 1.807) is 18.2 Å². The lowest BCUT2D eigenvalue weighted by Crippen LogP contribution is -2.44. The van der Waals surface area contributed by atoms with Gasteiger partial charge in [0.2, 0.25) is 5.91 Å². The zero-order valence-electron chi connectivity index (χ0n) is 9.24. The molecule has 1 rings (SSSR count). The van der Waals surface area contributed by atoms with Crippen LogP contribution < -0.4 is 10.6 Å². The molecule has 6 heteroatoms. The van der Waals surface area contributed by atoms with Crippen LogP contribution in [-0.4, -0.2) is 23.1 Å². The maximum atomic E-state index is 13.2. The first-order valence-corrected chi connectivity index (χ1v) is 5.01. The number of carbonyl (C=O) groups excluding carboxylic acids is 1. The molecule has 0 bridgehead atoms. The van der Waals surface area contributed by atoms with Gasteiger partial charge in [-0.1, -0.05) is 18.2 Å². The predicted molar refractivity (Wildman–Crippen MR) is 58.9 cm³/mol. The second-order valence-corrected chi connectivity index (χ2v) is 3.48. The Labute approximate surface area is 97.6 Å². The number of amides is 2. The van der Waals surface area contributed by atoms with Gasteiger partial charge >= 0.3 is 6.09 Å². The summed E-state index contributed by atoms with van der Waals surface area (Å²) in [5, 5.41) is 12.9. The van der Waals surface area contributed by atoms with Gasteiger partial charge in [0.15, 0.2) is 0 Å². The van der Waals surface area contributed by atoms with Crippen LogP contribution in [0.4, 0.5) is 9.18 Å². The molecule has 0 heterocycles. The third kappa shape index (κ3) is 4.10. The van der Waals surface area contributed by atoms with Crippen molar-refractivity contribution < 1.29 is 19.1 Å². The van der Waals surface area contributed by atoms with Gasteiger partial charge in [-0.3, -0.25) is 4.79 Å². The molecule has 0 saturated heterocycles. The first kappa shape index (κ1) is 13.0. The van der Waals surface area contributed by atoms with E-state index in [0.29, 0.717) is 5.56 Å². The van der Waals surface area contributed by atoms with E-state index in [1.807, 2.05) is 5.32 Å². The molecular weight excluding hydrogens is 227 g/mol. The Kier molecular flexibility index (Phi) is 4.45. The number of hydrogen-bond donors (Lipinski definition) is 3. The fourth-order valence-electron chi connectivity index (χ4n) is 1.23. The highest BCUT2D eigenvalue weighted by Crippen LogP contribution is 2.05. The second-order valence-electron chi connectivity index (χ2n) is 3.48. The average Bonchev–Trinajstić information content (AvgIpc) is 2.26. The summed E-state index contributed by atoms with van der Waals surface area (Å²) in [4.78, 5) is 21.7. The van der Waals surface area contributed by atoms with Crippen LogP contribution in [0.5, 0.6) is 0 Å². The van der Waals surface area contributed by atoms with E-state index >= 15 is 0 Å². The standard InChI is InChI=1S/C11H13FN2O3/c1-7(14-11(16)17)10(15)13-6-8-4-2-3-5-9(8)12/h2-5,7,14H,6H2,1H3,(H,13,15)(H,16,17)/t7-/m1/s1. The van der Waals surface area contributed by atoms with Crippen molar-refractivity contribution in [1.82, 2.24) is 10.6 Å². The van der Waals surface area contributed by atoms with Crippen LogP contribution in [0.25, 0.3) is 0 Å². The van der Waals surface area contributed by atoms with Crippen molar-refractivity contribution in [2.75, 3.05) is 0 Å². The Hall–Kier alpha value is -2.11. The summed E-state index contributed by atoms with van der Waals surface area (Å²) in [6, 6.07) is 5.17. The molecule has 0 saturated carbocycles. The molecule has 0 aliphatic carbocycles. The lowest BCUT2D eigenvalue weighted by atomic mass is 10.2. The molecule has 0 aromatic heterocycles. The van der Waals surface area contributed by atoms with Crippen LogP contribution >= 0.6 is 0 Å². The molecule has 1 aromatic carbocycles. The molecule has 5 nitrogen and oxygen atoms in total. The van der Waals surface area contributed by atoms with Crippen molar-refractivity contribution in [2.45, 2.75) is 19.5 Å². The second kappa shape index (κ2) is 5.83. The Balaban J connectivity index is 2.48. The fourth-order valence-corrected chi connectivity index (χ4v) is 1.23. The van der Waals surface area contributed by atoms with Crippen molar-refractivity contribution >= 4 is 12.0 Å². The normalized spacial score (nSPS) is 11.6. The summed E-state index contributed by atoms with van der Waals surface area (Å²) >= 11 is 0. The largest absolute Gasteiger partial charge is 0.465 e. The molecule has 0 fully saturated rings. The minimum absolute atomic E-state index is 0.0249. The van der Waals surface area contributed by atoms with Crippen molar-refractivity contribution in [3.8, 4) is 0 Å². The van der Waals surface area contributed by atoms with Crippen LogP contribution in [-0.2, 0) is 11.3 Å². The number of hydrogen-bond acceptors (Lipinski definition) is 2. The molecule has 1 atom stereocenters. The van der Waals surface area contributed by atoms with E-state index in [0.717, 1.165) is 0 Å². The van der Waals surface area contributed by atoms with Crippen LogP contribution in [0.1, 0.15) is 12.5 Å². The van der Waals surface area contributed by atoms with Gasteiger partial charge in [-0.15, -0.1) is 0 Å². The third-order valence-corrected chi connectivity index (χ3v) is 2.14. The number of nitrogens with one attached hydrogen (secondary N) is 2. The molecule has 2 amide bonds. The summed E-state index contributed by atoms with van der Waals surface area (Å²) in [5.74, 6) is -0.915. The maximum absolute atomic E-state index is 13.2. The van der Waals surface area contributed by atoms with E-state index in [2.05, 4.69) is 5.32 Å². The number of halogens is 1. The highest BCUT2D eigenvalue weighted by atomic mass is 19.1. The number of rotatable bonds is 4. The Bertz CT molecular complexity index is 423.